The van der Waals surface area contributed by atoms with Crippen LogP contribution in [0.4, 0.5) is 11.4 Å². The molecular formula is C20H18BrClN2O3. The molecule has 1 N–H and O–H groups in total. The molecule has 140 valence electrons. The SMILES string of the molecule is CCOC(=O)c1cnc2cc(Cl)c(OC)cc2c1Nc1ccc(C)cc1Br. The maximum Gasteiger partial charge on any atom is 0.341 e. The van der Waals surface area contributed by atoms with Crippen molar-refractivity contribution in [2.24, 2.45) is 0 Å². The minimum atomic E-state index is -0.452. The summed E-state index contributed by atoms with van der Waals surface area (Å²) in [5.41, 5.74) is 3.48. The first-order valence-corrected chi connectivity index (χ1v) is 9.48. The molecule has 0 spiro atoms. The van der Waals surface area contributed by atoms with E-state index in [0.717, 1.165) is 15.7 Å². The standard InChI is InChI=1S/C20H18BrClN2O3/c1-4-27-20(25)13-10-23-17-9-15(22)18(26-3)8-12(17)19(13)24-16-6-5-11(2)7-14(16)21/h5-10H,4H2,1-3H3,(H,23,24). The van der Waals surface area contributed by atoms with Crippen molar-refractivity contribution in [1.29, 1.82) is 0 Å². The van der Waals surface area contributed by atoms with Crippen LogP contribution in [0.5, 0.6) is 5.75 Å². The van der Waals surface area contributed by atoms with E-state index in [1.165, 1.54) is 6.20 Å². The van der Waals surface area contributed by atoms with Crippen LogP contribution in [0.15, 0.2) is 41.0 Å². The number of hydrogen-bond acceptors (Lipinski definition) is 5. The second-order valence-electron chi connectivity index (χ2n) is 5.88. The summed E-state index contributed by atoms with van der Waals surface area (Å²) in [5.74, 6) is 0.0459. The average Bonchev–Trinajstić information content (AvgIpc) is 2.63. The van der Waals surface area contributed by atoms with E-state index in [1.807, 2.05) is 25.1 Å². The van der Waals surface area contributed by atoms with Gasteiger partial charge in [-0.25, -0.2) is 4.79 Å². The third-order valence-electron chi connectivity index (χ3n) is 4.02. The van der Waals surface area contributed by atoms with Gasteiger partial charge in [0.15, 0.2) is 0 Å². The van der Waals surface area contributed by atoms with Gasteiger partial charge >= 0.3 is 5.97 Å². The molecule has 0 saturated carbocycles. The third-order valence-corrected chi connectivity index (χ3v) is 4.97. The van der Waals surface area contributed by atoms with Crippen molar-refractivity contribution >= 4 is 55.8 Å². The van der Waals surface area contributed by atoms with E-state index < -0.39 is 5.97 Å². The van der Waals surface area contributed by atoms with Crippen molar-refractivity contribution in [1.82, 2.24) is 4.98 Å². The number of fused-ring (bicyclic) bond motifs is 1. The Morgan fingerprint density at radius 2 is 2.07 bits per heavy atom. The Morgan fingerprint density at radius 3 is 2.74 bits per heavy atom. The fourth-order valence-corrected chi connectivity index (χ4v) is 3.53. The van der Waals surface area contributed by atoms with Crippen LogP contribution in [-0.2, 0) is 4.74 Å². The normalized spacial score (nSPS) is 10.7. The molecule has 0 atom stereocenters. The van der Waals surface area contributed by atoms with Crippen LogP contribution in [0.3, 0.4) is 0 Å². The first-order chi connectivity index (χ1) is 12.9. The number of carbonyl (C=O) groups excluding carboxylic acids is 1. The van der Waals surface area contributed by atoms with Crippen molar-refractivity contribution < 1.29 is 14.3 Å². The Hall–Kier alpha value is -2.31. The molecule has 1 aromatic heterocycles. The molecule has 0 aliphatic rings. The van der Waals surface area contributed by atoms with Gasteiger partial charge < -0.3 is 14.8 Å². The summed E-state index contributed by atoms with van der Waals surface area (Å²) in [7, 11) is 1.54. The summed E-state index contributed by atoms with van der Waals surface area (Å²) < 4.78 is 11.4. The summed E-state index contributed by atoms with van der Waals surface area (Å²) >= 11 is 9.79. The minimum Gasteiger partial charge on any atom is -0.495 e. The summed E-state index contributed by atoms with van der Waals surface area (Å²) in [4.78, 5) is 16.9. The number of benzene rings is 2. The molecule has 1 heterocycles. The van der Waals surface area contributed by atoms with Crippen molar-refractivity contribution in [2.75, 3.05) is 19.0 Å². The third kappa shape index (κ3) is 4.01. The molecule has 0 aliphatic carbocycles. The number of rotatable bonds is 5. The molecule has 0 unspecified atom stereocenters. The van der Waals surface area contributed by atoms with Gasteiger partial charge in [0.05, 0.1) is 35.6 Å². The van der Waals surface area contributed by atoms with Crippen LogP contribution in [0.1, 0.15) is 22.8 Å². The molecule has 0 fully saturated rings. The van der Waals surface area contributed by atoms with Gasteiger partial charge in [0.2, 0.25) is 0 Å². The van der Waals surface area contributed by atoms with Crippen molar-refractivity contribution in [2.45, 2.75) is 13.8 Å². The van der Waals surface area contributed by atoms with Gasteiger partial charge in [-0.1, -0.05) is 17.7 Å². The topological polar surface area (TPSA) is 60.5 Å². The van der Waals surface area contributed by atoms with E-state index in [2.05, 4.69) is 26.2 Å². The Balaban J connectivity index is 2.23. The highest BCUT2D eigenvalue weighted by atomic mass is 79.9. The lowest BCUT2D eigenvalue weighted by atomic mass is 10.1. The summed E-state index contributed by atoms with van der Waals surface area (Å²) in [6.45, 7) is 4.04. The smallest absolute Gasteiger partial charge is 0.341 e. The number of hydrogen-bond donors (Lipinski definition) is 1. The van der Waals surface area contributed by atoms with Gasteiger partial charge in [-0.3, -0.25) is 4.98 Å². The zero-order valence-electron chi connectivity index (χ0n) is 15.1. The van der Waals surface area contributed by atoms with Crippen LogP contribution in [0, 0.1) is 6.92 Å². The summed E-state index contributed by atoms with van der Waals surface area (Å²) in [6.07, 6.45) is 1.49. The molecule has 3 aromatic rings. The Bertz CT molecular complexity index is 1020. The van der Waals surface area contributed by atoms with E-state index in [-0.39, 0.29) is 6.61 Å². The fourth-order valence-electron chi connectivity index (χ4n) is 2.70. The van der Waals surface area contributed by atoms with Crippen LogP contribution < -0.4 is 10.1 Å². The average molecular weight is 450 g/mol. The maximum atomic E-state index is 12.5. The van der Waals surface area contributed by atoms with Gasteiger partial charge in [0, 0.05) is 16.1 Å². The number of anilines is 2. The summed E-state index contributed by atoms with van der Waals surface area (Å²) in [6, 6.07) is 9.39. The monoisotopic (exact) mass is 448 g/mol. The summed E-state index contributed by atoms with van der Waals surface area (Å²) in [5, 5.41) is 4.49. The molecule has 0 radical (unpaired) electrons. The van der Waals surface area contributed by atoms with E-state index >= 15 is 0 Å². The zero-order chi connectivity index (χ0) is 19.6. The van der Waals surface area contributed by atoms with Gasteiger partial charge in [0.1, 0.15) is 11.3 Å². The molecule has 0 aliphatic heterocycles. The van der Waals surface area contributed by atoms with E-state index in [4.69, 9.17) is 21.1 Å². The zero-order valence-corrected chi connectivity index (χ0v) is 17.4. The van der Waals surface area contributed by atoms with Crippen molar-refractivity contribution in [3.8, 4) is 5.75 Å². The molecule has 3 rings (SSSR count). The lowest BCUT2D eigenvalue weighted by Crippen LogP contribution is -2.09. The number of esters is 1. The molecule has 2 aromatic carbocycles. The molecule has 27 heavy (non-hydrogen) atoms. The number of ether oxygens (including phenoxy) is 2. The van der Waals surface area contributed by atoms with E-state index in [9.17, 15) is 4.79 Å². The quantitative estimate of drug-likeness (QED) is 0.492. The van der Waals surface area contributed by atoms with Gasteiger partial charge in [-0.15, -0.1) is 0 Å². The van der Waals surface area contributed by atoms with Gasteiger partial charge in [-0.05, 0) is 59.6 Å². The molecule has 0 saturated heterocycles. The van der Waals surface area contributed by atoms with E-state index in [0.29, 0.717) is 32.9 Å². The second kappa shape index (κ2) is 8.15. The van der Waals surface area contributed by atoms with Crippen LogP contribution in [0.25, 0.3) is 10.9 Å². The van der Waals surface area contributed by atoms with Crippen LogP contribution >= 0.6 is 27.5 Å². The highest BCUT2D eigenvalue weighted by Crippen LogP contribution is 2.37. The number of nitrogens with zero attached hydrogens (tertiary/aromatic N) is 1. The predicted octanol–water partition coefficient (Wildman–Crippen LogP) is 5.89. The minimum absolute atomic E-state index is 0.272. The fraction of sp³-hybridized carbons (Fsp3) is 0.200. The Kier molecular flexibility index (Phi) is 5.87. The molecule has 0 bridgehead atoms. The lowest BCUT2D eigenvalue weighted by molar-refractivity contribution is 0.0527. The number of carbonyl (C=O) groups is 1. The first-order valence-electron chi connectivity index (χ1n) is 8.31. The Labute approximate surface area is 170 Å². The van der Waals surface area contributed by atoms with Crippen molar-refractivity contribution in [3.63, 3.8) is 0 Å². The molecule has 7 heteroatoms. The molecule has 0 amide bonds. The number of pyridine rings is 1. The highest BCUT2D eigenvalue weighted by Gasteiger charge is 2.19. The highest BCUT2D eigenvalue weighted by molar-refractivity contribution is 9.10. The number of halogens is 2. The largest absolute Gasteiger partial charge is 0.495 e. The van der Waals surface area contributed by atoms with Crippen LogP contribution in [-0.4, -0.2) is 24.7 Å². The van der Waals surface area contributed by atoms with Gasteiger partial charge in [0.25, 0.3) is 0 Å². The van der Waals surface area contributed by atoms with E-state index in [1.54, 1.807) is 26.2 Å². The predicted molar refractivity (Wildman–Crippen MR) is 111 cm³/mol. The van der Waals surface area contributed by atoms with Gasteiger partial charge in [-0.2, -0.15) is 0 Å². The second-order valence-corrected chi connectivity index (χ2v) is 7.14. The lowest BCUT2D eigenvalue weighted by Gasteiger charge is -2.16. The Morgan fingerprint density at radius 1 is 1.30 bits per heavy atom. The maximum absolute atomic E-state index is 12.5. The van der Waals surface area contributed by atoms with Crippen molar-refractivity contribution in [3.05, 3.63) is 57.2 Å². The number of methoxy groups -OCH3 is 1. The number of aromatic nitrogens is 1. The molecule has 5 nitrogen and oxygen atoms in total. The van der Waals surface area contributed by atoms with Crippen LogP contribution in [0.2, 0.25) is 5.02 Å². The number of nitrogens with one attached hydrogen (secondary N) is 1. The number of aryl methyl sites for hydroxylation is 1. The molecular weight excluding hydrogens is 432 g/mol. The first kappa shape index (κ1) is 19.5.